The van der Waals surface area contributed by atoms with Crippen LogP contribution in [0.25, 0.3) is 0 Å². The first kappa shape index (κ1) is 6.40. The molecular weight excluding hydrogens is 267 g/mol. The predicted molar refractivity (Wildman–Crippen MR) is 31.1 cm³/mol. The number of hydrogen-bond acceptors (Lipinski definition) is 0. The second-order valence-electron chi connectivity index (χ2n) is 0.962. The van der Waals surface area contributed by atoms with Gasteiger partial charge in [-0.3, -0.25) is 0 Å². The van der Waals surface area contributed by atoms with E-state index in [4.69, 9.17) is 0 Å². The molecule has 0 saturated heterocycles. The van der Waals surface area contributed by atoms with Gasteiger partial charge in [0.15, 0.2) is 0 Å². The third-order valence-corrected chi connectivity index (χ3v) is 0.556. The summed E-state index contributed by atoms with van der Waals surface area (Å²) < 4.78 is 0. The van der Waals surface area contributed by atoms with Crippen molar-refractivity contribution in [3.05, 3.63) is 30.7 Å². The van der Waals surface area contributed by atoms with Crippen molar-refractivity contribution in [3.8, 4) is 0 Å². The molecule has 0 aromatic carbocycles. The summed E-state index contributed by atoms with van der Waals surface area (Å²) in [6.45, 7) is 0. The fraction of sp³-hybridized carbons (Fsp3) is 0. The second-order valence-corrected chi connectivity index (χ2v) is 0.962. The molecule has 0 N–H and O–H groups in total. The predicted octanol–water partition coefficient (Wildman–Crippen LogP) is 0.400. The molecule has 0 atom stereocenters. The van der Waals surface area contributed by atoms with Crippen LogP contribution in [0, 0.1) is 6.42 Å². The zero-order chi connectivity index (χ0) is 3.54. The monoisotopic (exact) mass is 275 g/mol. The van der Waals surface area contributed by atoms with Crippen molar-refractivity contribution in [1.82, 2.24) is 0 Å². The summed E-state index contributed by atoms with van der Waals surface area (Å²) in [5.74, 6) is 0. The molecule has 0 nitrogen and oxygen atoms in total. The van der Waals surface area contributed by atoms with Crippen LogP contribution < -0.4 is 0 Å². The van der Waals surface area contributed by atoms with Crippen molar-refractivity contribution < 1.29 is 0 Å². The average molecular weight is 274 g/mol. The van der Waals surface area contributed by atoms with Crippen molar-refractivity contribution in [2.75, 3.05) is 0 Å². The Morgan fingerprint density at radius 2 is 1.17 bits per heavy atom. The van der Waals surface area contributed by atoms with Gasteiger partial charge in [-0.2, -0.15) is 0 Å². The fourth-order valence-electron chi connectivity index (χ4n) is 0.321. The summed E-state index contributed by atoms with van der Waals surface area (Å²) in [6.07, 6.45) is 10.0. The van der Waals surface area contributed by atoms with E-state index < -0.39 is 0 Å². The Kier molecular flexibility index (Phi) is 3.83. The molecule has 0 unspecified atom stereocenters. The van der Waals surface area contributed by atoms with Gasteiger partial charge < -0.3 is 0 Å². The van der Waals surface area contributed by atoms with Gasteiger partial charge in [-0.15, -0.1) is 0 Å². The van der Waals surface area contributed by atoms with Crippen LogP contribution >= 0.6 is 0 Å². The minimum atomic E-state index is 0. The summed E-state index contributed by atoms with van der Waals surface area (Å²) in [5.41, 5.74) is 0. The standard InChI is InChI=1S/C5H5.Pb.2H/c1-2-4-5-3-1;;;/h1-5H;;;. The molecule has 31 valence electrons. The van der Waals surface area contributed by atoms with Crippen LogP contribution in [0.5, 0.6) is 0 Å². The van der Waals surface area contributed by atoms with Crippen LogP contribution in [0.2, 0.25) is 0 Å². The van der Waals surface area contributed by atoms with Crippen molar-refractivity contribution in [1.29, 1.82) is 0 Å². The molecule has 0 saturated carbocycles. The van der Waals surface area contributed by atoms with Gasteiger partial charge in [-0.25, -0.2) is 0 Å². The summed E-state index contributed by atoms with van der Waals surface area (Å²) in [5, 5.41) is 0. The zero-order valence-electron chi connectivity index (χ0n) is 3.59. The van der Waals surface area contributed by atoms with E-state index in [1.165, 1.54) is 0 Å². The van der Waals surface area contributed by atoms with Crippen LogP contribution in [0.15, 0.2) is 24.3 Å². The van der Waals surface area contributed by atoms with E-state index >= 15 is 0 Å². The summed E-state index contributed by atoms with van der Waals surface area (Å²) in [6, 6.07) is 0. The molecule has 6 heavy (non-hydrogen) atoms. The normalized spacial score (nSPS) is 14.7. The molecule has 0 fully saturated rings. The van der Waals surface area contributed by atoms with Crippen LogP contribution in [-0.4, -0.2) is 27.3 Å². The quantitative estimate of drug-likeness (QED) is 0.561. The molecule has 3 radical (unpaired) electrons. The Labute approximate surface area is 58.1 Å². The topological polar surface area (TPSA) is 0 Å². The third kappa shape index (κ3) is 1.75. The first-order valence-electron chi connectivity index (χ1n) is 1.67. The van der Waals surface area contributed by atoms with E-state index in [1.54, 1.807) is 0 Å². The molecule has 0 aromatic rings. The number of rotatable bonds is 0. The molecule has 1 aliphatic carbocycles. The van der Waals surface area contributed by atoms with Gasteiger partial charge in [0.1, 0.15) is 0 Å². The molecule has 0 aliphatic heterocycles. The Morgan fingerprint density at radius 1 is 0.667 bits per heavy atom. The minimum absolute atomic E-state index is 0. The van der Waals surface area contributed by atoms with Gasteiger partial charge in [-0.1, -0.05) is 24.3 Å². The van der Waals surface area contributed by atoms with Crippen molar-refractivity contribution >= 4 is 27.3 Å². The molecule has 1 heteroatoms. The number of allylic oxidation sites excluding steroid dienone is 4. The summed E-state index contributed by atoms with van der Waals surface area (Å²) >= 11 is 0. The Morgan fingerprint density at radius 3 is 1.33 bits per heavy atom. The van der Waals surface area contributed by atoms with E-state index in [0.717, 1.165) is 0 Å². The third-order valence-electron chi connectivity index (χ3n) is 0.556. The van der Waals surface area contributed by atoms with Gasteiger partial charge in [0.25, 0.3) is 0 Å². The van der Waals surface area contributed by atoms with Gasteiger partial charge in [0, 0.05) is 6.42 Å². The molecular formula is C5H7Pb. The molecule has 0 bridgehead atoms. The fourth-order valence-corrected chi connectivity index (χ4v) is 0.321. The Bertz CT molecular complexity index is 62.0. The van der Waals surface area contributed by atoms with Crippen molar-refractivity contribution in [2.24, 2.45) is 0 Å². The van der Waals surface area contributed by atoms with E-state index in [-0.39, 0.29) is 27.3 Å². The first-order valence-corrected chi connectivity index (χ1v) is 1.67. The van der Waals surface area contributed by atoms with Crippen LogP contribution in [0.3, 0.4) is 0 Å². The van der Waals surface area contributed by atoms with E-state index in [9.17, 15) is 0 Å². The second kappa shape index (κ2) is 3.59. The molecule has 0 heterocycles. The van der Waals surface area contributed by atoms with Gasteiger partial charge in [0.05, 0.1) is 0 Å². The van der Waals surface area contributed by atoms with Crippen LogP contribution in [-0.2, 0) is 0 Å². The molecule has 0 spiro atoms. The SMILES string of the molecule is [CH]1C=CC=C1.[PbH2]. The van der Waals surface area contributed by atoms with Crippen LogP contribution in [0.4, 0.5) is 0 Å². The van der Waals surface area contributed by atoms with Gasteiger partial charge in [-0.05, 0) is 0 Å². The molecule has 1 aliphatic rings. The Balaban J connectivity index is 0.000000250. The van der Waals surface area contributed by atoms with E-state index in [2.05, 4.69) is 0 Å². The van der Waals surface area contributed by atoms with Gasteiger partial charge in [0.2, 0.25) is 0 Å². The molecule has 0 amide bonds. The van der Waals surface area contributed by atoms with Gasteiger partial charge >= 0.3 is 27.3 Å². The van der Waals surface area contributed by atoms with E-state index in [0.29, 0.717) is 0 Å². The zero-order valence-corrected chi connectivity index (χ0v) is 9.09. The Hall–Kier alpha value is 0.402. The van der Waals surface area contributed by atoms with E-state index in [1.807, 2.05) is 30.7 Å². The maximum atomic E-state index is 2.00. The summed E-state index contributed by atoms with van der Waals surface area (Å²) in [7, 11) is 0. The van der Waals surface area contributed by atoms with Crippen molar-refractivity contribution in [3.63, 3.8) is 0 Å². The average Bonchev–Trinajstić information content (AvgIpc) is 1.76. The number of hydrogen-bond donors (Lipinski definition) is 0. The molecule has 1 rings (SSSR count). The summed E-state index contributed by atoms with van der Waals surface area (Å²) in [4.78, 5) is 0. The first-order chi connectivity index (χ1) is 2.50. The van der Waals surface area contributed by atoms with Crippen molar-refractivity contribution in [2.45, 2.75) is 0 Å². The van der Waals surface area contributed by atoms with Crippen LogP contribution in [0.1, 0.15) is 0 Å². The maximum absolute atomic E-state index is 2.00. The molecule has 0 aromatic heterocycles.